The number of nitrogens with zero attached hydrogens (tertiary/aromatic N) is 2. The Balaban J connectivity index is 1.84. The van der Waals surface area contributed by atoms with E-state index in [1.807, 2.05) is 61.8 Å². The van der Waals surface area contributed by atoms with Crippen LogP contribution in [0.3, 0.4) is 0 Å². The van der Waals surface area contributed by atoms with E-state index in [9.17, 15) is 9.59 Å². The number of carbonyl (C=O) groups excluding carboxylic acids is 2. The van der Waals surface area contributed by atoms with E-state index >= 15 is 0 Å². The van der Waals surface area contributed by atoms with E-state index in [4.69, 9.17) is 4.74 Å². The van der Waals surface area contributed by atoms with Crippen molar-refractivity contribution in [1.29, 1.82) is 0 Å². The van der Waals surface area contributed by atoms with Crippen molar-refractivity contribution in [3.05, 3.63) is 29.8 Å². The van der Waals surface area contributed by atoms with Gasteiger partial charge in [-0.25, -0.2) is 4.79 Å². The molecular formula is C21H33N3O3. The average Bonchev–Trinajstić information content (AvgIpc) is 2.67. The zero-order chi connectivity index (χ0) is 19.8. The van der Waals surface area contributed by atoms with E-state index in [-0.39, 0.29) is 24.0 Å². The van der Waals surface area contributed by atoms with Crippen LogP contribution >= 0.6 is 0 Å². The Morgan fingerprint density at radius 2 is 1.81 bits per heavy atom. The van der Waals surface area contributed by atoms with Gasteiger partial charge in [-0.05, 0) is 46.6 Å². The van der Waals surface area contributed by atoms with Crippen molar-refractivity contribution in [3.8, 4) is 5.75 Å². The summed E-state index contributed by atoms with van der Waals surface area (Å²) in [5, 5.41) is 3.04. The molecule has 1 heterocycles. The number of para-hydroxylation sites is 1. The molecule has 6 nitrogen and oxygen atoms in total. The summed E-state index contributed by atoms with van der Waals surface area (Å²) in [6.45, 7) is 11.1. The summed E-state index contributed by atoms with van der Waals surface area (Å²) in [7, 11) is 0. The summed E-state index contributed by atoms with van der Waals surface area (Å²) in [5.74, 6) is 0.834. The molecule has 1 saturated heterocycles. The molecule has 150 valence electrons. The first-order valence-corrected chi connectivity index (χ1v) is 10.0. The van der Waals surface area contributed by atoms with Crippen LogP contribution in [0, 0.1) is 5.92 Å². The van der Waals surface area contributed by atoms with E-state index < -0.39 is 0 Å². The quantitative estimate of drug-likeness (QED) is 0.796. The monoisotopic (exact) mass is 375 g/mol. The van der Waals surface area contributed by atoms with Crippen molar-refractivity contribution >= 4 is 11.9 Å². The van der Waals surface area contributed by atoms with Crippen molar-refractivity contribution in [2.45, 2.75) is 53.2 Å². The molecule has 1 aliphatic heterocycles. The van der Waals surface area contributed by atoms with Crippen molar-refractivity contribution < 1.29 is 14.3 Å². The molecule has 0 aliphatic carbocycles. The van der Waals surface area contributed by atoms with Crippen LogP contribution in [0.2, 0.25) is 0 Å². The van der Waals surface area contributed by atoms with Crippen LogP contribution < -0.4 is 10.1 Å². The minimum atomic E-state index is -0.0380. The fourth-order valence-electron chi connectivity index (χ4n) is 3.37. The van der Waals surface area contributed by atoms with Crippen LogP contribution in [-0.4, -0.2) is 54.0 Å². The van der Waals surface area contributed by atoms with Gasteiger partial charge in [0.1, 0.15) is 5.75 Å². The smallest absolute Gasteiger partial charge is 0.319 e. The number of likely N-dealkylation sites (tertiary alicyclic amines) is 1. The van der Waals surface area contributed by atoms with Gasteiger partial charge >= 0.3 is 6.03 Å². The lowest BCUT2D eigenvalue weighted by Gasteiger charge is -2.34. The third-order valence-corrected chi connectivity index (χ3v) is 4.96. The van der Waals surface area contributed by atoms with Gasteiger partial charge in [-0.15, -0.1) is 0 Å². The first-order valence-electron chi connectivity index (χ1n) is 10.0. The average molecular weight is 376 g/mol. The molecule has 27 heavy (non-hydrogen) atoms. The Morgan fingerprint density at radius 1 is 1.19 bits per heavy atom. The van der Waals surface area contributed by atoms with E-state index in [1.54, 1.807) is 0 Å². The highest BCUT2D eigenvalue weighted by atomic mass is 16.5. The normalized spacial score (nSPS) is 14.9. The third-order valence-electron chi connectivity index (χ3n) is 4.96. The van der Waals surface area contributed by atoms with Crippen LogP contribution in [0.25, 0.3) is 0 Å². The molecule has 1 N–H and O–H groups in total. The van der Waals surface area contributed by atoms with Gasteiger partial charge in [0.2, 0.25) is 5.91 Å². The van der Waals surface area contributed by atoms with Gasteiger partial charge in [0.05, 0.1) is 6.10 Å². The van der Waals surface area contributed by atoms with Crippen molar-refractivity contribution in [1.82, 2.24) is 15.1 Å². The molecule has 0 unspecified atom stereocenters. The lowest BCUT2D eigenvalue weighted by atomic mass is 9.96. The molecule has 6 heteroatoms. The summed E-state index contributed by atoms with van der Waals surface area (Å²) >= 11 is 0. The van der Waals surface area contributed by atoms with Gasteiger partial charge in [-0.2, -0.15) is 0 Å². The summed E-state index contributed by atoms with van der Waals surface area (Å²) < 4.78 is 5.81. The number of amides is 3. The van der Waals surface area contributed by atoms with E-state index in [1.165, 1.54) is 0 Å². The third kappa shape index (κ3) is 5.88. The van der Waals surface area contributed by atoms with Crippen LogP contribution in [-0.2, 0) is 11.3 Å². The minimum absolute atomic E-state index is 0.0380. The Bertz CT molecular complexity index is 621. The number of piperidine rings is 1. The predicted octanol–water partition coefficient (Wildman–Crippen LogP) is 3.26. The summed E-state index contributed by atoms with van der Waals surface area (Å²) in [4.78, 5) is 28.7. The highest BCUT2D eigenvalue weighted by Gasteiger charge is 2.28. The van der Waals surface area contributed by atoms with Gasteiger partial charge in [0.15, 0.2) is 0 Å². The lowest BCUT2D eigenvalue weighted by Crippen LogP contribution is -2.48. The van der Waals surface area contributed by atoms with E-state index in [0.29, 0.717) is 45.6 Å². The molecule has 0 atom stereocenters. The largest absolute Gasteiger partial charge is 0.491 e. The fourth-order valence-corrected chi connectivity index (χ4v) is 3.37. The molecule has 0 saturated carbocycles. The predicted molar refractivity (Wildman–Crippen MR) is 107 cm³/mol. The zero-order valence-electron chi connectivity index (χ0n) is 17.0. The number of hydrogen-bond donors (Lipinski definition) is 1. The minimum Gasteiger partial charge on any atom is -0.491 e. The number of nitrogens with one attached hydrogen (secondary N) is 1. The first-order chi connectivity index (χ1) is 13.0. The molecule has 0 radical (unpaired) electrons. The second kappa shape index (κ2) is 10.2. The highest BCUT2D eigenvalue weighted by Crippen LogP contribution is 2.21. The number of hydrogen-bond acceptors (Lipinski definition) is 3. The summed E-state index contributed by atoms with van der Waals surface area (Å²) in [6, 6.07) is 7.87. The first kappa shape index (κ1) is 21.1. The van der Waals surface area contributed by atoms with E-state index in [0.717, 1.165) is 11.3 Å². The molecule has 1 fully saturated rings. The van der Waals surface area contributed by atoms with E-state index in [2.05, 4.69) is 5.32 Å². The van der Waals surface area contributed by atoms with Crippen LogP contribution in [0.4, 0.5) is 4.79 Å². The molecule has 1 aromatic carbocycles. The lowest BCUT2D eigenvalue weighted by molar-refractivity contribution is -0.126. The molecule has 0 aromatic heterocycles. The van der Waals surface area contributed by atoms with Gasteiger partial charge in [-0.1, -0.05) is 18.2 Å². The van der Waals surface area contributed by atoms with Crippen molar-refractivity contribution in [2.24, 2.45) is 5.92 Å². The summed E-state index contributed by atoms with van der Waals surface area (Å²) in [5.41, 5.74) is 0.980. The number of benzene rings is 1. The molecule has 3 amide bonds. The van der Waals surface area contributed by atoms with Gasteiger partial charge in [0, 0.05) is 44.2 Å². The maximum absolute atomic E-state index is 12.6. The van der Waals surface area contributed by atoms with Gasteiger partial charge in [0.25, 0.3) is 0 Å². The molecular weight excluding hydrogens is 342 g/mol. The molecule has 0 bridgehead atoms. The van der Waals surface area contributed by atoms with Crippen molar-refractivity contribution in [2.75, 3.05) is 26.2 Å². The molecule has 0 spiro atoms. The standard InChI is InChI=1S/C21H33N3O3/c1-5-23(6-2)21(26)24-13-11-17(12-14-24)20(25)22-15-18-9-7-8-10-19(18)27-16(3)4/h7-10,16-17H,5-6,11-15H2,1-4H3,(H,22,25). The van der Waals surface area contributed by atoms with Gasteiger partial charge in [-0.3, -0.25) is 4.79 Å². The molecule has 1 aromatic rings. The Kier molecular flexibility index (Phi) is 7.95. The van der Waals surface area contributed by atoms with Gasteiger partial charge < -0.3 is 19.9 Å². The number of urea groups is 1. The van der Waals surface area contributed by atoms with Crippen LogP contribution in [0.5, 0.6) is 5.75 Å². The maximum atomic E-state index is 12.6. The fraction of sp³-hybridized carbons (Fsp3) is 0.619. The number of carbonyl (C=O) groups is 2. The topological polar surface area (TPSA) is 61.9 Å². The highest BCUT2D eigenvalue weighted by molar-refractivity contribution is 5.79. The molecule has 1 aliphatic rings. The number of rotatable bonds is 7. The SMILES string of the molecule is CCN(CC)C(=O)N1CCC(C(=O)NCc2ccccc2OC(C)C)CC1. The Hall–Kier alpha value is -2.24. The van der Waals surface area contributed by atoms with Crippen LogP contribution in [0.15, 0.2) is 24.3 Å². The Morgan fingerprint density at radius 3 is 2.41 bits per heavy atom. The zero-order valence-corrected chi connectivity index (χ0v) is 17.0. The number of ether oxygens (including phenoxy) is 1. The molecule has 2 rings (SSSR count). The van der Waals surface area contributed by atoms with Crippen LogP contribution in [0.1, 0.15) is 46.1 Å². The summed E-state index contributed by atoms with van der Waals surface area (Å²) in [6.07, 6.45) is 1.51. The second-order valence-electron chi connectivity index (χ2n) is 7.21. The van der Waals surface area contributed by atoms with Crippen molar-refractivity contribution in [3.63, 3.8) is 0 Å². The maximum Gasteiger partial charge on any atom is 0.319 e. The Labute approximate surface area is 162 Å². The second-order valence-corrected chi connectivity index (χ2v) is 7.21.